The van der Waals surface area contributed by atoms with E-state index in [0.29, 0.717) is 17.0 Å². The Morgan fingerprint density at radius 1 is 1.08 bits per heavy atom. The second kappa shape index (κ2) is 6.61. The van der Waals surface area contributed by atoms with Gasteiger partial charge < -0.3 is 4.74 Å². The zero-order chi connectivity index (χ0) is 18.3. The van der Waals surface area contributed by atoms with Crippen LogP contribution in [0.1, 0.15) is 17.9 Å². The first-order valence-electron chi connectivity index (χ1n) is 8.21. The number of halogens is 1. The average molecular weight is 369 g/mol. The number of thioether (sulfide) groups is 1. The Labute approximate surface area is 154 Å². The Bertz CT molecular complexity index is 906. The van der Waals surface area contributed by atoms with E-state index < -0.39 is 5.97 Å². The third kappa shape index (κ3) is 2.80. The summed E-state index contributed by atoms with van der Waals surface area (Å²) in [6.07, 6.45) is 2.17. The highest BCUT2D eigenvalue weighted by molar-refractivity contribution is 7.98. The number of rotatable bonds is 3. The molecular formula is C20H16FNO3S. The molecule has 0 aliphatic carbocycles. The van der Waals surface area contributed by atoms with Crippen LogP contribution >= 0.6 is 11.8 Å². The van der Waals surface area contributed by atoms with E-state index in [-0.39, 0.29) is 30.7 Å². The summed E-state index contributed by atoms with van der Waals surface area (Å²) in [5.41, 5.74) is 2.53. The van der Waals surface area contributed by atoms with Crippen molar-refractivity contribution in [1.29, 1.82) is 0 Å². The van der Waals surface area contributed by atoms with Crippen molar-refractivity contribution >= 4 is 29.3 Å². The highest BCUT2D eigenvalue weighted by atomic mass is 32.2. The molecule has 2 aliphatic rings. The summed E-state index contributed by atoms with van der Waals surface area (Å²) < 4.78 is 18.5. The maximum atomic E-state index is 13.2. The lowest BCUT2D eigenvalue weighted by atomic mass is 9.84. The third-order valence-corrected chi connectivity index (χ3v) is 5.46. The number of anilines is 1. The van der Waals surface area contributed by atoms with E-state index in [1.165, 1.54) is 29.2 Å². The lowest BCUT2D eigenvalue weighted by Crippen LogP contribution is -2.37. The average Bonchev–Trinajstić information content (AvgIpc) is 3.04. The van der Waals surface area contributed by atoms with Crippen LogP contribution in [0, 0.1) is 5.82 Å². The maximum Gasteiger partial charge on any atom is 0.336 e. The number of esters is 1. The molecule has 26 heavy (non-hydrogen) atoms. The van der Waals surface area contributed by atoms with Crippen LogP contribution in [0.3, 0.4) is 0 Å². The molecule has 0 radical (unpaired) electrons. The molecule has 0 unspecified atom stereocenters. The fraction of sp³-hybridized carbons (Fsp3) is 0.200. The van der Waals surface area contributed by atoms with Gasteiger partial charge in [0.1, 0.15) is 12.4 Å². The highest BCUT2D eigenvalue weighted by Gasteiger charge is 2.42. The van der Waals surface area contributed by atoms with E-state index in [2.05, 4.69) is 0 Å². The quantitative estimate of drug-likeness (QED) is 0.609. The molecule has 0 spiro atoms. The van der Waals surface area contributed by atoms with Crippen LogP contribution in [0.4, 0.5) is 10.1 Å². The van der Waals surface area contributed by atoms with Gasteiger partial charge in [-0.15, -0.1) is 11.8 Å². The molecule has 2 aliphatic heterocycles. The van der Waals surface area contributed by atoms with Gasteiger partial charge in [-0.3, -0.25) is 9.69 Å². The number of hydrogen-bond donors (Lipinski definition) is 0. The number of carbonyl (C=O) groups is 2. The number of cyclic esters (lactones) is 1. The highest BCUT2D eigenvalue weighted by Crippen LogP contribution is 2.42. The van der Waals surface area contributed by atoms with Gasteiger partial charge in [0.25, 0.3) is 0 Å². The summed E-state index contributed by atoms with van der Waals surface area (Å²) in [6, 6.07) is 13.5. The smallest absolute Gasteiger partial charge is 0.336 e. The van der Waals surface area contributed by atoms with Gasteiger partial charge in [0, 0.05) is 22.9 Å². The molecule has 1 atom stereocenters. The second-order valence-corrected chi connectivity index (χ2v) is 7.05. The molecule has 132 valence electrons. The van der Waals surface area contributed by atoms with Crippen LogP contribution in [0.15, 0.2) is 64.7 Å². The van der Waals surface area contributed by atoms with Crippen LogP contribution in [0.5, 0.6) is 0 Å². The number of ether oxygens (including phenoxy) is 1. The SMILES string of the molecule is CSc1ccc([C@H]2CC(=O)N(c3ccc(F)cc3)C3=C2C(=O)OC3)cc1. The van der Waals surface area contributed by atoms with E-state index in [9.17, 15) is 14.0 Å². The van der Waals surface area contributed by atoms with E-state index in [1.807, 2.05) is 30.5 Å². The minimum Gasteiger partial charge on any atom is -0.456 e. The summed E-state index contributed by atoms with van der Waals surface area (Å²) in [7, 11) is 0. The number of carbonyl (C=O) groups excluding carboxylic acids is 2. The maximum absolute atomic E-state index is 13.2. The second-order valence-electron chi connectivity index (χ2n) is 6.17. The van der Waals surface area contributed by atoms with Crippen molar-refractivity contribution < 1.29 is 18.7 Å². The minimum atomic E-state index is -0.390. The Morgan fingerprint density at radius 2 is 1.77 bits per heavy atom. The van der Waals surface area contributed by atoms with Crippen LogP contribution in [0.2, 0.25) is 0 Å². The first-order chi connectivity index (χ1) is 12.6. The standard InChI is InChI=1S/C20H16FNO3S/c1-26-15-8-2-12(3-9-15)16-10-18(23)22(14-6-4-13(21)5-7-14)17-11-25-20(24)19(16)17/h2-9,16H,10-11H2,1H3/t16-/m1/s1. The molecule has 2 aromatic carbocycles. The first kappa shape index (κ1) is 16.8. The molecule has 0 saturated carbocycles. The van der Waals surface area contributed by atoms with Crippen molar-refractivity contribution in [2.75, 3.05) is 17.8 Å². The Balaban J connectivity index is 1.78. The number of benzene rings is 2. The van der Waals surface area contributed by atoms with Gasteiger partial charge in [0.2, 0.25) is 5.91 Å². The fourth-order valence-electron chi connectivity index (χ4n) is 3.46. The summed E-state index contributed by atoms with van der Waals surface area (Å²) in [4.78, 5) is 27.8. The molecule has 4 rings (SSSR count). The molecular weight excluding hydrogens is 353 g/mol. The predicted molar refractivity (Wildman–Crippen MR) is 97.5 cm³/mol. The summed E-state index contributed by atoms with van der Waals surface area (Å²) in [5.74, 6) is -1.22. The number of amides is 1. The first-order valence-corrected chi connectivity index (χ1v) is 9.43. The monoisotopic (exact) mass is 369 g/mol. The molecule has 2 aromatic rings. The Hall–Kier alpha value is -2.60. The largest absolute Gasteiger partial charge is 0.456 e. The van der Waals surface area contributed by atoms with Crippen molar-refractivity contribution in [3.63, 3.8) is 0 Å². The molecule has 0 fully saturated rings. The molecule has 0 N–H and O–H groups in total. The van der Waals surface area contributed by atoms with Crippen LogP contribution < -0.4 is 4.90 Å². The van der Waals surface area contributed by atoms with Gasteiger partial charge in [-0.25, -0.2) is 9.18 Å². The van der Waals surface area contributed by atoms with Gasteiger partial charge in [0.05, 0.1) is 11.3 Å². The minimum absolute atomic E-state index is 0.0523. The summed E-state index contributed by atoms with van der Waals surface area (Å²) in [5, 5.41) is 0. The van der Waals surface area contributed by atoms with Crippen molar-refractivity contribution in [3.05, 3.63) is 71.2 Å². The molecule has 1 amide bonds. The molecule has 4 nitrogen and oxygen atoms in total. The molecule has 2 heterocycles. The van der Waals surface area contributed by atoms with Crippen LogP contribution in [-0.4, -0.2) is 24.7 Å². The fourth-order valence-corrected chi connectivity index (χ4v) is 3.87. The van der Waals surface area contributed by atoms with E-state index >= 15 is 0 Å². The molecule has 0 bridgehead atoms. The molecule has 0 saturated heterocycles. The Morgan fingerprint density at radius 3 is 2.42 bits per heavy atom. The number of nitrogens with zero attached hydrogens (tertiary/aromatic N) is 1. The van der Waals surface area contributed by atoms with Crippen molar-refractivity contribution in [2.45, 2.75) is 17.2 Å². The van der Waals surface area contributed by atoms with E-state index in [4.69, 9.17) is 4.74 Å². The molecule has 0 aromatic heterocycles. The normalized spacial score (nSPS) is 19.6. The number of hydrogen-bond acceptors (Lipinski definition) is 4. The van der Waals surface area contributed by atoms with Crippen LogP contribution in [-0.2, 0) is 14.3 Å². The van der Waals surface area contributed by atoms with Gasteiger partial charge >= 0.3 is 5.97 Å². The summed E-state index contributed by atoms with van der Waals surface area (Å²) in [6.45, 7) is 0.0523. The van der Waals surface area contributed by atoms with Crippen molar-refractivity contribution in [3.8, 4) is 0 Å². The van der Waals surface area contributed by atoms with Crippen LogP contribution in [0.25, 0.3) is 0 Å². The van der Waals surface area contributed by atoms with E-state index in [1.54, 1.807) is 11.8 Å². The van der Waals surface area contributed by atoms with Gasteiger partial charge in [-0.2, -0.15) is 0 Å². The third-order valence-electron chi connectivity index (χ3n) is 4.72. The van der Waals surface area contributed by atoms with Crippen molar-refractivity contribution in [1.82, 2.24) is 0 Å². The van der Waals surface area contributed by atoms with Gasteiger partial charge in [0.15, 0.2) is 0 Å². The van der Waals surface area contributed by atoms with Gasteiger partial charge in [-0.05, 0) is 48.2 Å². The Kier molecular flexibility index (Phi) is 4.28. The lowest BCUT2D eigenvalue weighted by molar-refractivity contribution is -0.136. The molecule has 6 heteroatoms. The van der Waals surface area contributed by atoms with Crippen molar-refractivity contribution in [2.24, 2.45) is 0 Å². The lowest BCUT2D eigenvalue weighted by Gasteiger charge is -2.31. The topological polar surface area (TPSA) is 46.6 Å². The zero-order valence-corrected chi connectivity index (χ0v) is 14.9. The van der Waals surface area contributed by atoms with E-state index in [0.717, 1.165) is 10.5 Å². The predicted octanol–water partition coefficient (Wildman–Crippen LogP) is 3.88. The van der Waals surface area contributed by atoms with Gasteiger partial charge in [-0.1, -0.05) is 12.1 Å². The summed E-state index contributed by atoms with van der Waals surface area (Å²) >= 11 is 1.63. The zero-order valence-electron chi connectivity index (χ0n) is 14.1.